The molecule has 0 bridgehead atoms. The molecule has 1 fully saturated rings. The maximum Gasteiger partial charge on any atom is 0.315 e. The molecule has 1 aliphatic carbocycles. The summed E-state index contributed by atoms with van der Waals surface area (Å²) in [5.74, 6) is -1.01. The van der Waals surface area contributed by atoms with Crippen LogP contribution < -0.4 is 16.0 Å². The Morgan fingerprint density at radius 2 is 1.85 bits per heavy atom. The minimum Gasteiger partial charge on any atom is -0.481 e. The van der Waals surface area contributed by atoms with Gasteiger partial charge in [0.2, 0.25) is 5.91 Å². The zero-order valence-corrected chi connectivity index (χ0v) is 11.8. The summed E-state index contributed by atoms with van der Waals surface area (Å²) >= 11 is 0. The fourth-order valence-electron chi connectivity index (χ4n) is 2.17. The summed E-state index contributed by atoms with van der Waals surface area (Å²) in [5.41, 5.74) is -0.611. The standard InChI is InChI=1S/C13H23N3O4/c1-2-7-14-10(17)4-8-15-12(20)16-13(5-3-6-13)9-11(18)19/h2-9H2,1H3,(H,14,17)(H,18,19)(H2,15,16,20). The predicted molar refractivity (Wildman–Crippen MR) is 73.3 cm³/mol. The lowest BCUT2D eigenvalue weighted by molar-refractivity contribution is -0.139. The van der Waals surface area contributed by atoms with E-state index < -0.39 is 17.5 Å². The van der Waals surface area contributed by atoms with Crippen LogP contribution in [0, 0.1) is 0 Å². The van der Waals surface area contributed by atoms with Gasteiger partial charge in [-0.3, -0.25) is 9.59 Å². The number of carbonyl (C=O) groups is 3. The van der Waals surface area contributed by atoms with Crippen molar-refractivity contribution in [2.75, 3.05) is 13.1 Å². The molecule has 1 rings (SSSR count). The number of hydrogen-bond acceptors (Lipinski definition) is 3. The molecule has 4 N–H and O–H groups in total. The van der Waals surface area contributed by atoms with Gasteiger partial charge in [-0.2, -0.15) is 0 Å². The molecule has 3 amide bonds. The van der Waals surface area contributed by atoms with Crippen LogP contribution in [-0.2, 0) is 9.59 Å². The van der Waals surface area contributed by atoms with Crippen LogP contribution in [0.4, 0.5) is 4.79 Å². The van der Waals surface area contributed by atoms with E-state index in [0.717, 1.165) is 12.8 Å². The molecule has 0 atom stereocenters. The van der Waals surface area contributed by atoms with E-state index in [1.165, 1.54) is 0 Å². The number of carbonyl (C=O) groups excluding carboxylic acids is 2. The number of carboxylic acid groups (broad SMARTS) is 1. The molecule has 0 aliphatic heterocycles. The van der Waals surface area contributed by atoms with Crippen LogP contribution in [0.5, 0.6) is 0 Å². The van der Waals surface area contributed by atoms with Crippen LogP contribution in [0.3, 0.4) is 0 Å². The van der Waals surface area contributed by atoms with Gasteiger partial charge in [0.1, 0.15) is 0 Å². The first-order valence-electron chi connectivity index (χ1n) is 7.02. The third-order valence-corrected chi connectivity index (χ3v) is 3.39. The van der Waals surface area contributed by atoms with Gasteiger partial charge in [0.25, 0.3) is 0 Å². The summed E-state index contributed by atoms with van der Waals surface area (Å²) < 4.78 is 0. The molecule has 1 aliphatic rings. The molecule has 114 valence electrons. The lowest BCUT2D eigenvalue weighted by atomic mass is 9.74. The van der Waals surface area contributed by atoms with E-state index >= 15 is 0 Å². The van der Waals surface area contributed by atoms with Crippen molar-refractivity contribution in [3.8, 4) is 0 Å². The molecule has 0 spiro atoms. The Hall–Kier alpha value is -1.79. The van der Waals surface area contributed by atoms with Gasteiger partial charge in [0, 0.05) is 19.5 Å². The quantitative estimate of drug-likeness (QED) is 0.523. The Morgan fingerprint density at radius 3 is 2.35 bits per heavy atom. The molecule has 0 heterocycles. The molecule has 7 heteroatoms. The summed E-state index contributed by atoms with van der Waals surface area (Å²) in [6.07, 6.45) is 3.33. The molecule has 1 saturated carbocycles. The number of aliphatic carboxylic acids is 1. The molecule has 0 radical (unpaired) electrons. The van der Waals surface area contributed by atoms with Gasteiger partial charge in [-0.05, 0) is 25.7 Å². The van der Waals surface area contributed by atoms with Crippen molar-refractivity contribution in [2.24, 2.45) is 0 Å². The van der Waals surface area contributed by atoms with Crippen LogP contribution in [-0.4, -0.2) is 41.6 Å². The Kier molecular flexibility index (Phi) is 6.27. The SMILES string of the molecule is CCCNC(=O)CCNC(=O)NC1(CC(=O)O)CCC1. The van der Waals surface area contributed by atoms with Crippen molar-refractivity contribution in [2.45, 2.75) is 51.0 Å². The van der Waals surface area contributed by atoms with Crippen LogP contribution in [0.2, 0.25) is 0 Å². The van der Waals surface area contributed by atoms with E-state index in [9.17, 15) is 14.4 Å². The average Bonchev–Trinajstić information content (AvgIpc) is 2.33. The molecule has 0 aromatic heterocycles. The second-order valence-corrected chi connectivity index (χ2v) is 5.19. The van der Waals surface area contributed by atoms with Gasteiger partial charge in [-0.1, -0.05) is 6.92 Å². The highest BCUT2D eigenvalue weighted by molar-refractivity contribution is 5.79. The molecule has 7 nitrogen and oxygen atoms in total. The largest absolute Gasteiger partial charge is 0.481 e. The minimum absolute atomic E-state index is 0.0581. The first-order valence-corrected chi connectivity index (χ1v) is 7.02. The maximum atomic E-state index is 11.7. The van der Waals surface area contributed by atoms with Crippen molar-refractivity contribution in [3.05, 3.63) is 0 Å². The van der Waals surface area contributed by atoms with Crippen molar-refractivity contribution in [3.63, 3.8) is 0 Å². The van der Waals surface area contributed by atoms with Gasteiger partial charge < -0.3 is 21.1 Å². The smallest absolute Gasteiger partial charge is 0.315 e. The Morgan fingerprint density at radius 1 is 1.15 bits per heavy atom. The number of carboxylic acids is 1. The van der Waals surface area contributed by atoms with E-state index in [2.05, 4.69) is 16.0 Å². The van der Waals surface area contributed by atoms with E-state index in [1.807, 2.05) is 6.92 Å². The van der Waals surface area contributed by atoms with Crippen LogP contribution >= 0.6 is 0 Å². The van der Waals surface area contributed by atoms with Gasteiger partial charge in [-0.15, -0.1) is 0 Å². The summed E-state index contributed by atoms with van der Waals surface area (Å²) in [4.78, 5) is 33.8. The molecular formula is C13H23N3O4. The second kappa shape index (κ2) is 7.72. The number of nitrogens with one attached hydrogen (secondary N) is 3. The second-order valence-electron chi connectivity index (χ2n) is 5.19. The third-order valence-electron chi connectivity index (χ3n) is 3.39. The third kappa shape index (κ3) is 5.46. The number of amides is 3. The molecule has 0 saturated heterocycles. The number of hydrogen-bond donors (Lipinski definition) is 4. The zero-order valence-electron chi connectivity index (χ0n) is 11.8. The number of rotatable bonds is 8. The summed E-state index contributed by atoms with van der Waals surface area (Å²) in [5, 5.41) is 16.8. The molecule has 0 aromatic carbocycles. The van der Waals surface area contributed by atoms with Crippen LogP contribution in [0.15, 0.2) is 0 Å². The highest BCUT2D eigenvalue weighted by Gasteiger charge is 2.40. The zero-order chi connectivity index (χ0) is 15.0. The van der Waals surface area contributed by atoms with Gasteiger partial charge >= 0.3 is 12.0 Å². The predicted octanol–water partition coefficient (Wildman–Crippen LogP) is 0.599. The summed E-state index contributed by atoms with van der Waals surface area (Å²) in [6, 6.07) is -0.408. The normalized spacial score (nSPS) is 15.8. The van der Waals surface area contributed by atoms with Crippen LogP contribution in [0.25, 0.3) is 0 Å². The van der Waals surface area contributed by atoms with E-state index in [0.29, 0.717) is 19.4 Å². The van der Waals surface area contributed by atoms with E-state index in [1.54, 1.807) is 0 Å². The molecular weight excluding hydrogens is 262 g/mol. The highest BCUT2D eigenvalue weighted by Crippen LogP contribution is 2.34. The minimum atomic E-state index is -0.913. The highest BCUT2D eigenvalue weighted by atomic mass is 16.4. The molecule has 0 unspecified atom stereocenters. The lowest BCUT2D eigenvalue weighted by Gasteiger charge is -2.41. The fourth-order valence-corrected chi connectivity index (χ4v) is 2.17. The lowest BCUT2D eigenvalue weighted by Crippen LogP contribution is -2.57. The maximum absolute atomic E-state index is 11.7. The van der Waals surface area contributed by atoms with Crippen molar-refractivity contribution in [1.29, 1.82) is 0 Å². The Balaban J connectivity index is 2.22. The monoisotopic (exact) mass is 285 g/mol. The van der Waals surface area contributed by atoms with Gasteiger partial charge in [-0.25, -0.2) is 4.79 Å². The Labute approximate surface area is 118 Å². The van der Waals surface area contributed by atoms with Crippen molar-refractivity contribution in [1.82, 2.24) is 16.0 Å². The summed E-state index contributed by atoms with van der Waals surface area (Å²) in [7, 11) is 0. The average molecular weight is 285 g/mol. The first kappa shape index (κ1) is 16.3. The van der Waals surface area contributed by atoms with E-state index in [4.69, 9.17) is 5.11 Å². The first-order chi connectivity index (χ1) is 9.47. The number of urea groups is 1. The van der Waals surface area contributed by atoms with Crippen molar-refractivity contribution < 1.29 is 19.5 Å². The van der Waals surface area contributed by atoms with Gasteiger partial charge in [0.15, 0.2) is 0 Å². The molecule has 20 heavy (non-hydrogen) atoms. The van der Waals surface area contributed by atoms with E-state index in [-0.39, 0.29) is 25.3 Å². The summed E-state index contributed by atoms with van der Waals surface area (Å²) in [6.45, 7) is 2.84. The Bertz CT molecular complexity index is 367. The van der Waals surface area contributed by atoms with Gasteiger partial charge in [0.05, 0.1) is 12.0 Å². The van der Waals surface area contributed by atoms with Crippen LogP contribution in [0.1, 0.15) is 45.4 Å². The van der Waals surface area contributed by atoms with Crippen molar-refractivity contribution >= 4 is 17.9 Å². The fraction of sp³-hybridized carbons (Fsp3) is 0.769. The topological polar surface area (TPSA) is 108 Å². The molecule has 0 aromatic rings.